The quantitative estimate of drug-likeness (QED) is 0.635. The van der Waals surface area contributed by atoms with Gasteiger partial charge in [-0.1, -0.05) is 18.2 Å². The highest BCUT2D eigenvalue weighted by molar-refractivity contribution is 5.43. The lowest BCUT2D eigenvalue weighted by Gasteiger charge is -2.16. The molecule has 0 radical (unpaired) electrons. The molecule has 0 saturated heterocycles. The molecule has 26 heavy (non-hydrogen) atoms. The molecule has 0 amide bonds. The molecule has 2 aromatic carbocycles. The Balaban J connectivity index is 1.89. The van der Waals surface area contributed by atoms with Crippen molar-refractivity contribution < 1.29 is 14.6 Å². The van der Waals surface area contributed by atoms with Gasteiger partial charge in [-0.05, 0) is 55.2 Å². The molecule has 0 aromatic heterocycles. The molecular weight excluding hydrogens is 328 g/mol. The molecule has 0 aliphatic carbocycles. The number of rotatable bonds is 10. The largest absolute Gasteiger partial charge is 0.508 e. The summed E-state index contributed by atoms with van der Waals surface area (Å²) in [6.07, 6.45) is 2.07. The van der Waals surface area contributed by atoms with Crippen molar-refractivity contribution in [2.75, 3.05) is 13.7 Å². The molecule has 5 heteroatoms. The molecule has 5 nitrogen and oxygen atoms in total. The first-order chi connectivity index (χ1) is 12.6. The van der Waals surface area contributed by atoms with E-state index in [0.29, 0.717) is 37.0 Å². The van der Waals surface area contributed by atoms with E-state index in [-0.39, 0.29) is 5.75 Å². The second kappa shape index (κ2) is 10.3. The zero-order valence-electron chi connectivity index (χ0n) is 15.4. The summed E-state index contributed by atoms with van der Waals surface area (Å²) < 4.78 is 11.1. The van der Waals surface area contributed by atoms with Crippen LogP contribution >= 0.6 is 0 Å². The summed E-state index contributed by atoms with van der Waals surface area (Å²) in [5.74, 6) is 1.69. The fourth-order valence-corrected chi connectivity index (χ4v) is 2.63. The number of phenolic OH excluding ortho intramolecular Hbond substituents is 1. The standard InChI is InChI=1S/C21H26N2O3/c1-16(13-17-5-8-19(24)9-6-17)23-15-18-7-10-20(25-2)21(14-18)26-12-4-3-11-22/h5-10,14,16,23-24H,3-4,12-13,15H2,1-2H3. The van der Waals surface area contributed by atoms with Crippen LogP contribution in [0.2, 0.25) is 0 Å². The van der Waals surface area contributed by atoms with Crippen LogP contribution in [0.3, 0.4) is 0 Å². The van der Waals surface area contributed by atoms with Gasteiger partial charge in [0.25, 0.3) is 0 Å². The first kappa shape index (κ1) is 19.6. The van der Waals surface area contributed by atoms with E-state index < -0.39 is 0 Å². The van der Waals surface area contributed by atoms with E-state index in [9.17, 15) is 5.11 Å². The first-order valence-electron chi connectivity index (χ1n) is 8.80. The highest BCUT2D eigenvalue weighted by Gasteiger charge is 2.08. The van der Waals surface area contributed by atoms with Crippen LogP contribution in [0.1, 0.15) is 30.9 Å². The van der Waals surface area contributed by atoms with Crippen molar-refractivity contribution >= 4 is 0 Å². The topological polar surface area (TPSA) is 74.5 Å². The number of hydrogen-bond acceptors (Lipinski definition) is 5. The molecular formula is C21H26N2O3. The Kier molecular flexibility index (Phi) is 7.78. The Morgan fingerprint density at radius 1 is 1.12 bits per heavy atom. The Bertz CT molecular complexity index is 723. The molecule has 0 aliphatic rings. The first-order valence-corrected chi connectivity index (χ1v) is 8.80. The van der Waals surface area contributed by atoms with E-state index in [1.54, 1.807) is 19.2 Å². The molecule has 2 rings (SSSR count). The van der Waals surface area contributed by atoms with Gasteiger partial charge in [0.15, 0.2) is 11.5 Å². The molecule has 0 saturated carbocycles. The van der Waals surface area contributed by atoms with E-state index in [1.165, 1.54) is 5.56 Å². The van der Waals surface area contributed by atoms with Crippen molar-refractivity contribution in [3.63, 3.8) is 0 Å². The lowest BCUT2D eigenvalue weighted by atomic mass is 10.1. The van der Waals surface area contributed by atoms with Crippen LogP contribution in [0.5, 0.6) is 17.2 Å². The van der Waals surface area contributed by atoms with Crippen LogP contribution in [0.15, 0.2) is 42.5 Å². The van der Waals surface area contributed by atoms with Gasteiger partial charge in [0.05, 0.1) is 19.8 Å². The summed E-state index contributed by atoms with van der Waals surface area (Å²) in [5.41, 5.74) is 2.29. The average Bonchev–Trinajstić information content (AvgIpc) is 2.65. The second-order valence-electron chi connectivity index (χ2n) is 6.25. The molecule has 0 fully saturated rings. The lowest BCUT2D eigenvalue weighted by molar-refractivity contribution is 0.290. The number of methoxy groups -OCH3 is 1. The number of nitrogens with zero attached hydrogens (tertiary/aromatic N) is 1. The van der Waals surface area contributed by atoms with E-state index in [1.807, 2.05) is 30.3 Å². The van der Waals surface area contributed by atoms with E-state index >= 15 is 0 Å². The van der Waals surface area contributed by atoms with Gasteiger partial charge >= 0.3 is 0 Å². The number of unbranched alkanes of at least 4 members (excludes halogenated alkanes) is 1. The maximum Gasteiger partial charge on any atom is 0.161 e. The maximum absolute atomic E-state index is 9.35. The van der Waals surface area contributed by atoms with Crippen LogP contribution in [-0.4, -0.2) is 24.9 Å². The van der Waals surface area contributed by atoms with Gasteiger partial charge in [0.2, 0.25) is 0 Å². The summed E-state index contributed by atoms with van der Waals surface area (Å²) in [6, 6.07) is 15.6. The second-order valence-corrected chi connectivity index (χ2v) is 6.25. The summed E-state index contributed by atoms with van der Waals surface area (Å²) in [7, 11) is 1.62. The minimum atomic E-state index is 0.287. The highest BCUT2D eigenvalue weighted by atomic mass is 16.5. The number of hydrogen-bond donors (Lipinski definition) is 2. The number of ether oxygens (including phenoxy) is 2. The molecule has 2 N–H and O–H groups in total. The molecule has 0 aliphatic heterocycles. The van der Waals surface area contributed by atoms with Crippen molar-refractivity contribution in [3.05, 3.63) is 53.6 Å². The summed E-state index contributed by atoms with van der Waals surface area (Å²) >= 11 is 0. The van der Waals surface area contributed by atoms with Gasteiger partial charge < -0.3 is 19.9 Å². The number of benzene rings is 2. The van der Waals surface area contributed by atoms with Crippen molar-refractivity contribution in [3.8, 4) is 23.3 Å². The van der Waals surface area contributed by atoms with Gasteiger partial charge in [-0.2, -0.15) is 5.26 Å². The molecule has 0 bridgehead atoms. The van der Waals surface area contributed by atoms with E-state index in [4.69, 9.17) is 14.7 Å². The fraction of sp³-hybridized carbons (Fsp3) is 0.381. The maximum atomic E-state index is 9.35. The fourth-order valence-electron chi connectivity index (χ4n) is 2.63. The van der Waals surface area contributed by atoms with Gasteiger partial charge in [-0.3, -0.25) is 0 Å². The third kappa shape index (κ3) is 6.30. The van der Waals surface area contributed by atoms with Crippen LogP contribution < -0.4 is 14.8 Å². The molecule has 1 atom stereocenters. The van der Waals surface area contributed by atoms with E-state index in [0.717, 1.165) is 18.5 Å². The predicted molar refractivity (Wildman–Crippen MR) is 101 cm³/mol. The Morgan fingerprint density at radius 2 is 1.85 bits per heavy atom. The zero-order valence-corrected chi connectivity index (χ0v) is 15.4. The summed E-state index contributed by atoms with van der Waals surface area (Å²) in [6.45, 7) is 3.35. The van der Waals surface area contributed by atoms with Gasteiger partial charge in [0.1, 0.15) is 5.75 Å². The lowest BCUT2D eigenvalue weighted by Crippen LogP contribution is -2.27. The van der Waals surface area contributed by atoms with E-state index in [2.05, 4.69) is 18.3 Å². The monoisotopic (exact) mass is 354 g/mol. The molecule has 0 spiro atoms. The van der Waals surface area contributed by atoms with Crippen molar-refractivity contribution in [1.82, 2.24) is 5.32 Å². The predicted octanol–water partition coefficient (Wildman–Crippen LogP) is 3.80. The molecule has 0 heterocycles. The number of aromatic hydroxyl groups is 1. The summed E-state index contributed by atoms with van der Waals surface area (Å²) in [4.78, 5) is 0. The Hall–Kier alpha value is -2.71. The van der Waals surface area contributed by atoms with Gasteiger partial charge in [0, 0.05) is 19.0 Å². The van der Waals surface area contributed by atoms with Crippen LogP contribution in [0.4, 0.5) is 0 Å². The SMILES string of the molecule is COc1ccc(CNC(C)Cc2ccc(O)cc2)cc1OCCCC#N. The number of nitrogens with one attached hydrogen (secondary N) is 1. The smallest absolute Gasteiger partial charge is 0.161 e. The summed E-state index contributed by atoms with van der Waals surface area (Å²) in [5, 5.41) is 21.4. The third-order valence-electron chi connectivity index (χ3n) is 4.05. The third-order valence-corrected chi connectivity index (χ3v) is 4.05. The van der Waals surface area contributed by atoms with Crippen LogP contribution in [0, 0.1) is 11.3 Å². The molecule has 2 aromatic rings. The Morgan fingerprint density at radius 3 is 2.54 bits per heavy atom. The zero-order chi connectivity index (χ0) is 18.8. The van der Waals surface area contributed by atoms with Crippen molar-refractivity contribution in [2.24, 2.45) is 0 Å². The minimum absolute atomic E-state index is 0.287. The van der Waals surface area contributed by atoms with Crippen molar-refractivity contribution in [1.29, 1.82) is 5.26 Å². The Labute approximate surface area is 155 Å². The minimum Gasteiger partial charge on any atom is -0.508 e. The number of nitriles is 1. The normalized spacial score (nSPS) is 11.6. The number of phenols is 1. The van der Waals surface area contributed by atoms with Gasteiger partial charge in [-0.25, -0.2) is 0 Å². The van der Waals surface area contributed by atoms with Crippen LogP contribution in [0.25, 0.3) is 0 Å². The molecule has 138 valence electrons. The van der Waals surface area contributed by atoms with Crippen LogP contribution in [-0.2, 0) is 13.0 Å². The highest BCUT2D eigenvalue weighted by Crippen LogP contribution is 2.28. The van der Waals surface area contributed by atoms with Crippen molar-refractivity contribution in [2.45, 2.75) is 38.8 Å². The average molecular weight is 354 g/mol. The van der Waals surface area contributed by atoms with Gasteiger partial charge in [-0.15, -0.1) is 0 Å². The molecule has 1 unspecified atom stereocenters.